The summed E-state index contributed by atoms with van der Waals surface area (Å²) in [6.45, 7) is 3.77. The molecule has 0 rings (SSSR count). The van der Waals surface area contributed by atoms with Gasteiger partial charge in [-0.3, -0.25) is 4.79 Å². The van der Waals surface area contributed by atoms with E-state index in [4.69, 9.17) is 10.2 Å². The SMILES string of the molecule is CN(CCC(=O)O)S(=O)(=O)NCC(C)(C)CCO. The Morgan fingerprint density at radius 2 is 1.94 bits per heavy atom. The third-order valence-corrected chi connectivity index (χ3v) is 4.08. The summed E-state index contributed by atoms with van der Waals surface area (Å²) < 4.78 is 26.9. The van der Waals surface area contributed by atoms with Crippen LogP contribution in [0.5, 0.6) is 0 Å². The summed E-state index contributed by atoms with van der Waals surface area (Å²) >= 11 is 0. The van der Waals surface area contributed by atoms with Gasteiger partial charge in [-0.25, -0.2) is 4.72 Å². The van der Waals surface area contributed by atoms with E-state index >= 15 is 0 Å². The van der Waals surface area contributed by atoms with Gasteiger partial charge in [-0.15, -0.1) is 0 Å². The molecule has 0 aliphatic carbocycles. The van der Waals surface area contributed by atoms with Gasteiger partial charge in [-0.2, -0.15) is 12.7 Å². The van der Waals surface area contributed by atoms with Crippen molar-refractivity contribution in [1.29, 1.82) is 0 Å². The molecule has 8 heteroatoms. The van der Waals surface area contributed by atoms with Crippen molar-refractivity contribution in [3.05, 3.63) is 0 Å². The number of rotatable bonds is 9. The number of hydrogen-bond donors (Lipinski definition) is 3. The quantitative estimate of drug-likeness (QED) is 0.535. The highest BCUT2D eigenvalue weighted by Gasteiger charge is 2.23. The number of hydrogen-bond acceptors (Lipinski definition) is 4. The summed E-state index contributed by atoms with van der Waals surface area (Å²) in [5, 5.41) is 17.3. The van der Waals surface area contributed by atoms with Gasteiger partial charge in [-0.1, -0.05) is 13.8 Å². The van der Waals surface area contributed by atoms with Crippen LogP contribution in [-0.2, 0) is 15.0 Å². The summed E-state index contributed by atoms with van der Waals surface area (Å²) in [6, 6.07) is 0. The van der Waals surface area contributed by atoms with E-state index in [2.05, 4.69) is 4.72 Å². The van der Waals surface area contributed by atoms with Crippen LogP contribution in [0.1, 0.15) is 26.7 Å². The Labute approximate surface area is 108 Å². The van der Waals surface area contributed by atoms with Crippen LogP contribution >= 0.6 is 0 Å². The van der Waals surface area contributed by atoms with Gasteiger partial charge in [0.05, 0.1) is 6.42 Å². The number of carboxylic acids is 1. The minimum atomic E-state index is -3.67. The van der Waals surface area contributed by atoms with E-state index in [1.807, 2.05) is 13.8 Å². The maximum absolute atomic E-state index is 11.8. The van der Waals surface area contributed by atoms with Crippen molar-refractivity contribution in [3.63, 3.8) is 0 Å². The molecule has 0 aromatic rings. The first-order valence-electron chi connectivity index (χ1n) is 5.64. The van der Waals surface area contributed by atoms with Crippen LogP contribution in [0, 0.1) is 5.41 Å². The van der Waals surface area contributed by atoms with E-state index in [0.29, 0.717) is 6.42 Å². The molecule has 0 aliphatic heterocycles. The maximum Gasteiger partial charge on any atom is 0.304 e. The van der Waals surface area contributed by atoms with Crippen LogP contribution in [0.3, 0.4) is 0 Å². The van der Waals surface area contributed by atoms with E-state index in [0.717, 1.165) is 4.31 Å². The lowest BCUT2D eigenvalue weighted by atomic mass is 9.90. The van der Waals surface area contributed by atoms with Crippen LogP contribution in [0.25, 0.3) is 0 Å². The second-order valence-electron chi connectivity index (χ2n) is 4.93. The zero-order valence-corrected chi connectivity index (χ0v) is 11.8. The van der Waals surface area contributed by atoms with Crippen molar-refractivity contribution in [2.45, 2.75) is 26.7 Å². The average molecular weight is 282 g/mol. The fourth-order valence-corrected chi connectivity index (χ4v) is 2.29. The van der Waals surface area contributed by atoms with Crippen LogP contribution in [0.4, 0.5) is 0 Å². The molecule has 0 spiro atoms. The van der Waals surface area contributed by atoms with Crippen molar-refractivity contribution >= 4 is 16.2 Å². The van der Waals surface area contributed by atoms with Crippen LogP contribution in [-0.4, -0.2) is 55.6 Å². The lowest BCUT2D eigenvalue weighted by Crippen LogP contribution is -2.43. The number of aliphatic hydroxyl groups is 1. The van der Waals surface area contributed by atoms with Gasteiger partial charge in [0.15, 0.2) is 0 Å². The van der Waals surface area contributed by atoms with Crippen molar-refractivity contribution in [2.24, 2.45) is 5.41 Å². The van der Waals surface area contributed by atoms with Gasteiger partial charge in [0.2, 0.25) is 0 Å². The number of aliphatic carboxylic acids is 1. The third-order valence-electron chi connectivity index (χ3n) is 2.57. The van der Waals surface area contributed by atoms with E-state index in [1.54, 1.807) is 0 Å². The highest BCUT2D eigenvalue weighted by molar-refractivity contribution is 7.87. The Morgan fingerprint density at radius 1 is 1.39 bits per heavy atom. The van der Waals surface area contributed by atoms with E-state index in [-0.39, 0.29) is 31.5 Å². The van der Waals surface area contributed by atoms with E-state index < -0.39 is 16.2 Å². The number of carbonyl (C=O) groups is 1. The standard InChI is InChI=1S/C10H22N2O5S/c1-10(2,5-7-13)8-11-18(16,17)12(3)6-4-9(14)15/h11,13H,4-8H2,1-3H3,(H,14,15). The number of nitrogens with one attached hydrogen (secondary N) is 1. The van der Waals surface area contributed by atoms with Gasteiger partial charge in [0.1, 0.15) is 0 Å². The number of carboxylic acid groups (broad SMARTS) is 1. The van der Waals surface area contributed by atoms with Gasteiger partial charge in [-0.05, 0) is 11.8 Å². The molecule has 0 unspecified atom stereocenters. The van der Waals surface area contributed by atoms with Crippen LogP contribution in [0.2, 0.25) is 0 Å². The summed E-state index contributed by atoms with van der Waals surface area (Å²) in [6.07, 6.45) is 0.242. The Balaban J connectivity index is 4.34. The Hall–Kier alpha value is -0.700. The predicted molar refractivity (Wildman–Crippen MR) is 67.3 cm³/mol. The topological polar surface area (TPSA) is 107 Å². The summed E-state index contributed by atoms with van der Waals surface area (Å²) in [7, 11) is -2.35. The molecule has 3 N–H and O–H groups in total. The second-order valence-corrected chi connectivity index (χ2v) is 6.79. The van der Waals surface area contributed by atoms with Crippen LogP contribution < -0.4 is 4.72 Å². The molecule has 0 aromatic carbocycles. The second kappa shape index (κ2) is 7.03. The van der Waals surface area contributed by atoms with Crippen molar-refractivity contribution in [1.82, 2.24) is 9.03 Å². The zero-order chi connectivity index (χ0) is 14.4. The average Bonchev–Trinajstić information content (AvgIpc) is 2.23. The number of nitrogens with zero attached hydrogens (tertiary/aromatic N) is 1. The molecule has 0 fully saturated rings. The smallest absolute Gasteiger partial charge is 0.304 e. The van der Waals surface area contributed by atoms with Gasteiger partial charge in [0, 0.05) is 26.7 Å². The molecule has 0 aromatic heterocycles. The zero-order valence-electron chi connectivity index (χ0n) is 11.0. The van der Waals surface area contributed by atoms with E-state index in [9.17, 15) is 13.2 Å². The highest BCUT2D eigenvalue weighted by atomic mass is 32.2. The predicted octanol–water partition coefficient (Wildman–Crippen LogP) is -0.364. The lowest BCUT2D eigenvalue weighted by molar-refractivity contribution is -0.137. The minimum absolute atomic E-state index is 0.0103. The number of aliphatic hydroxyl groups excluding tert-OH is 1. The maximum atomic E-state index is 11.8. The molecule has 0 saturated heterocycles. The summed E-state index contributed by atoms with van der Waals surface area (Å²) in [4.78, 5) is 10.4. The minimum Gasteiger partial charge on any atom is -0.481 e. The first-order chi connectivity index (χ1) is 8.10. The molecule has 0 bridgehead atoms. The largest absolute Gasteiger partial charge is 0.481 e. The van der Waals surface area contributed by atoms with Gasteiger partial charge in [0.25, 0.3) is 10.2 Å². The van der Waals surface area contributed by atoms with Gasteiger partial charge < -0.3 is 10.2 Å². The Morgan fingerprint density at radius 3 is 2.39 bits per heavy atom. The fraction of sp³-hybridized carbons (Fsp3) is 0.900. The molecular weight excluding hydrogens is 260 g/mol. The molecule has 0 radical (unpaired) electrons. The first-order valence-corrected chi connectivity index (χ1v) is 7.08. The third kappa shape index (κ3) is 6.90. The Bertz CT molecular complexity index is 366. The highest BCUT2D eigenvalue weighted by Crippen LogP contribution is 2.18. The van der Waals surface area contributed by atoms with Crippen molar-refractivity contribution in [2.75, 3.05) is 26.7 Å². The van der Waals surface area contributed by atoms with E-state index in [1.165, 1.54) is 7.05 Å². The molecule has 0 atom stereocenters. The van der Waals surface area contributed by atoms with Crippen LogP contribution in [0.15, 0.2) is 0 Å². The summed E-state index contributed by atoms with van der Waals surface area (Å²) in [5.74, 6) is -1.04. The summed E-state index contributed by atoms with van der Waals surface area (Å²) in [5.41, 5.74) is -0.352. The van der Waals surface area contributed by atoms with Gasteiger partial charge >= 0.3 is 5.97 Å². The molecule has 0 saturated carbocycles. The molecule has 18 heavy (non-hydrogen) atoms. The molecule has 108 valence electrons. The van der Waals surface area contributed by atoms with Crippen molar-refractivity contribution < 1.29 is 23.4 Å². The molecule has 7 nitrogen and oxygen atoms in total. The van der Waals surface area contributed by atoms with Crippen molar-refractivity contribution in [3.8, 4) is 0 Å². The molecule has 0 aliphatic rings. The Kier molecular flexibility index (Phi) is 6.76. The first kappa shape index (κ1) is 17.3. The molecular formula is C10H22N2O5S. The monoisotopic (exact) mass is 282 g/mol. The molecule has 0 heterocycles. The lowest BCUT2D eigenvalue weighted by Gasteiger charge is -2.25. The normalized spacial score (nSPS) is 12.9. The molecule has 0 amide bonds. The fourth-order valence-electron chi connectivity index (χ4n) is 1.16.